The first-order valence-corrected chi connectivity index (χ1v) is 11.8. The van der Waals surface area contributed by atoms with Crippen LogP contribution in [0.4, 0.5) is 8.78 Å². The van der Waals surface area contributed by atoms with Crippen LogP contribution >= 0.6 is 0 Å². The minimum Gasteiger partial charge on any atom is -0.493 e. The number of halogens is 2. The monoisotopic (exact) mass is 468 g/mol. The molecular formula is C22H26F2N2O5S. The summed E-state index contributed by atoms with van der Waals surface area (Å²) in [5.74, 6) is -0.315. The Balaban J connectivity index is 1.63. The van der Waals surface area contributed by atoms with Gasteiger partial charge in [0.1, 0.15) is 0 Å². The number of carbonyl (C=O) groups is 1. The molecule has 0 bridgehead atoms. The fourth-order valence-corrected chi connectivity index (χ4v) is 5.10. The number of amides is 1. The molecule has 1 N–H and O–H groups in total. The van der Waals surface area contributed by atoms with E-state index in [9.17, 15) is 22.0 Å². The summed E-state index contributed by atoms with van der Waals surface area (Å²) in [4.78, 5) is 12.6. The molecule has 0 spiro atoms. The van der Waals surface area contributed by atoms with Gasteiger partial charge in [-0.2, -0.15) is 13.1 Å². The van der Waals surface area contributed by atoms with E-state index in [1.807, 2.05) is 0 Å². The van der Waals surface area contributed by atoms with Gasteiger partial charge in [0.05, 0.1) is 12.0 Å². The first-order valence-electron chi connectivity index (χ1n) is 10.3. The van der Waals surface area contributed by atoms with Crippen molar-refractivity contribution in [3.8, 4) is 11.5 Å². The molecule has 32 heavy (non-hydrogen) atoms. The van der Waals surface area contributed by atoms with Gasteiger partial charge in [-0.25, -0.2) is 8.42 Å². The number of carbonyl (C=O) groups excluding carboxylic acids is 1. The Labute approximate surface area is 186 Å². The Kier molecular flexibility index (Phi) is 8.03. The summed E-state index contributed by atoms with van der Waals surface area (Å²) in [6.45, 7) is -1.79. The highest BCUT2D eigenvalue weighted by atomic mass is 32.2. The average Bonchev–Trinajstić information content (AvgIpc) is 2.79. The van der Waals surface area contributed by atoms with E-state index in [0.717, 1.165) is 19.3 Å². The van der Waals surface area contributed by atoms with Gasteiger partial charge < -0.3 is 14.8 Å². The van der Waals surface area contributed by atoms with Gasteiger partial charge in [-0.3, -0.25) is 4.79 Å². The van der Waals surface area contributed by atoms with Gasteiger partial charge in [-0.05, 0) is 55.2 Å². The van der Waals surface area contributed by atoms with Crippen molar-refractivity contribution in [2.24, 2.45) is 0 Å². The first kappa shape index (κ1) is 23.9. The molecule has 0 saturated carbocycles. The van der Waals surface area contributed by atoms with Crippen LogP contribution in [0.1, 0.15) is 35.2 Å². The third-order valence-corrected chi connectivity index (χ3v) is 7.09. The van der Waals surface area contributed by atoms with Crippen LogP contribution in [-0.2, 0) is 16.4 Å². The Bertz CT molecular complexity index is 1040. The molecule has 174 valence electrons. The maximum absolute atomic E-state index is 12.8. The predicted octanol–water partition coefficient (Wildman–Crippen LogP) is 3.44. The lowest BCUT2D eigenvalue weighted by Crippen LogP contribution is -2.35. The summed E-state index contributed by atoms with van der Waals surface area (Å²) in [5.41, 5.74) is 0.905. The maximum atomic E-state index is 12.8. The number of benzene rings is 2. The van der Waals surface area contributed by atoms with Crippen LogP contribution in [0, 0.1) is 0 Å². The molecular weight excluding hydrogens is 442 g/mol. The molecule has 0 atom stereocenters. The zero-order valence-electron chi connectivity index (χ0n) is 17.7. The summed E-state index contributed by atoms with van der Waals surface area (Å²) in [5, 5.41) is 2.73. The first-order chi connectivity index (χ1) is 15.3. The molecule has 1 saturated heterocycles. The summed E-state index contributed by atoms with van der Waals surface area (Å²) in [7, 11) is -2.28. The molecule has 1 heterocycles. The number of rotatable bonds is 9. The molecule has 1 aliphatic heterocycles. The van der Waals surface area contributed by atoms with Gasteiger partial charge in [-0.15, -0.1) is 0 Å². The van der Waals surface area contributed by atoms with Crippen molar-refractivity contribution in [1.82, 2.24) is 9.62 Å². The molecule has 1 aliphatic rings. The van der Waals surface area contributed by atoms with Gasteiger partial charge >= 0.3 is 6.61 Å². The van der Waals surface area contributed by atoms with Crippen LogP contribution in [0.2, 0.25) is 0 Å². The van der Waals surface area contributed by atoms with Crippen LogP contribution in [0.5, 0.6) is 11.5 Å². The van der Waals surface area contributed by atoms with E-state index in [1.54, 1.807) is 18.2 Å². The minimum absolute atomic E-state index is 0.0815. The molecule has 0 aromatic heterocycles. The van der Waals surface area contributed by atoms with Crippen molar-refractivity contribution in [1.29, 1.82) is 0 Å². The highest BCUT2D eigenvalue weighted by molar-refractivity contribution is 7.89. The van der Waals surface area contributed by atoms with Gasteiger partial charge in [0.15, 0.2) is 11.5 Å². The Morgan fingerprint density at radius 3 is 2.53 bits per heavy atom. The molecule has 0 aliphatic carbocycles. The van der Waals surface area contributed by atoms with Gasteiger partial charge in [0, 0.05) is 25.2 Å². The number of hydrogen-bond donors (Lipinski definition) is 1. The SMILES string of the molecule is COc1ccc(CCNC(=O)c2cccc(S(=O)(=O)N3CCCCC3)c2)cc1OC(F)F. The Morgan fingerprint density at radius 2 is 1.84 bits per heavy atom. The van der Waals surface area contributed by atoms with E-state index in [0.29, 0.717) is 25.1 Å². The van der Waals surface area contributed by atoms with E-state index in [2.05, 4.69) is 10.1 Å². The van der Waals surface area contributed by atoms with Crippen molar-refractivity contribution < 1.29 is 31.5 Å². The topological polar surface area (TPSA) is 84.9 Å². The third kappa shape index (κ3) is 5.95. The quantitative estimate of drug-likeness (QED) is 0.610. The van der Waals surface area contributed by atoms with E-state index >= 15 is 0 Å². The fraction of sp³-hybridized carbons (Fsp3) is 0.409. The molecule has 7 nitrogen and oxygen atoms in total. The normalized spacial score (nSPS) is 14.9. The smallest absolute Gasteiger partial charge is 0.387 e. The predicted molar refractivity (Wildman–Crippen MR) is 115 cm³/mol. The highest BCUT2D eigenvalue weighted by Crippen LogP contribution is 2.29. The molecule has 1 fully saturated rings. The second-order valence-corrected chi connectivity index (χ2v) is 9.30. The van der Waals surface area contributed by atoms with Crippen LogP contribution in [0.25, 0.3) is 0 Å². The second kappa shape index (κ2) is 10.7. The third-order valence-electron chi connectivity index (χ3n) is 5.19. The summed E-state index contributed by atoms with van der Waals surface area (Å²) in [6.07, 6.45) is 3.03. The van der Waals surface area contributed by atoms with Crippen molar-refractivity contribution in [3.63, 3.8) is 0 Å². The molecule has 0 radical (unpaired) electrons. The van der Waals surface area contributed by atoms with Gasteiger partial charge in [0.2, 0.25) is 10.0 Å². The minimum atomic E-state index is -3.64. The van der Waals surface area contributed by atoms with E-state index in [4.69, 9.17) is 4.74 Å². The standard InChI is InChI=1S/C22H26F2N2O5S/c1-30-19-9-8-16(14-20(19)31-22(23)24)10-11-25-21(27)17-6-5-7-18(15-17)32(28,29)26-12-3-2-4-13-26/h5-9,14-15,22H,2-4,10-13H2,1H3,(H,25,27). The van der Waals surface area contributed by atoms with Crippen molar-refractivity contribution >= 4 is 15.9 Å². The van der Waals surface area contributed by atoms with Gasteiger partial charge in [-0.1, -0.05) is 18.6 Å². The number of sulfonamides is 1. The molecule has 10 heteroatoms. The summed E-state index contributed by atoms with van der Waals surface area (Å²) < 4.78 is 61.7. The zero-order chi connectivity index (χ0) is 23.1. The average molecular weight is 469 g/mol. The van der Waals surface area contributed by atoms with Crippen LogP contribution in [0.15, 0.2) is 47.4 Å². The molecule has 1 amide bonds. The van der Waals surface area contributed by atoms with E-state index < -0.39 is 22.5 Å². The number of alkyl halides is 2. The largest absolute Gasteiger partial charge is 0.493 e. The van der Waals surface area contributed by atoms with Crippen molar-refractivity contribution in [3.05, 3.63) is 53.6 Å². The number of piperidine rings is 1. The molecule has 3 rings (SSSR count). The van der Waals surface area contributed by atoms with Crippen molar-refractivity contribution in [2.45, 2.75) is 37.2 Å². The fourth-order valence-electron chi connectivity index (χ4n) is 3.54. The Morgan fingerprint density at radius 1 is 1.09 bits per heavy atom. The van der Waals surface area contributed by atoms with Crippen LogP contribution in [0.3, 0.4) is 0 Å². The van der Waals surface area contributed by atoms with Crippen molar-refractivity contribution in [2.75, 3.05) is 26.7 Å². The maximum Gasteiger partial charge on any atom is 0.387 e. The molecule has 2 aromatic rings. The second-order valence-electron chi connectivity index (χ2n) is 7.36. The van der Waals surface area contributed by atoms with E-state index in [1.165, 1.54) is 35.7 Å². The summed E-state index contributed by atoms with van der Waals surface area (Å²) in [6, 6.07) is 10.6. The Hall–Kier alpha value is -2.72. The number of hydrogen-bond acceptors (Lipinski definition) is 5. The number of nitrogens with zero attached hydrogens (tertiary/aromatic N) is 1. The number of ether oxygens (including phenoxy) is 2. The lowest BCUT2D eigenvalue weighted by Gasteiger charge is -2.26. The number of methoxy groups -OCH3 is 1. The number of nitrogens with one attached hydrogen (secondary N) is 1. The van der Waals surface area contributed by atoms with Crippen LogP contribution < -0.4 is 14.8 Å². The lowest BCUT2D eigenvalue weighted by molar-refractivity contribution is -0.0512. The van der Waals surface area contributed by atoms with Crippen LogP contribution in [-0.4, -0.2) is 52.0 Å². The molecule has 2 aromatic carbocycles. The van der Waals surface area contributed by atoms with Gasteiger partial charge in [0.25, 0.3) is 5.91 Å². The zero-order valence-corrected chi connectivity index (χ0v) is 18.5. The van der Waals surface area contributed by atoms with E-state index in [-0.39, 0.29) is 28.5 Å². The highest BCUT2D eigenvalue weighted by Gasteiger charge is 2.26. The lowest BCUT2D eigenvalue weighted by atomic mass is 10.1. The summed E-state index contributed by atoms with van der Waals surface area (Å²) >= 11 is 0. The molecule has 0 unspecified atom stereocenters.